The van der Waals surface area contributed by atoms with Gasteiger partial charge in [0.2, 0.25) is 15.9 Å². The van der Waals surface area contributed by atoms with E-state index in [0.29, 0.717) is 12.1 Å². The van der Waals surface area contributed by atoms with Crippen LogP contribution in [0.25, 0.3) is 0 Å². The monoisotopic (exact) mass is 932 g/mol. The first-order valence-corrected chi connectivity index (χ1v) is 23.9. The van der Waals surface area contributed by atoms with E-state index in [0.717, 1.165) is 0 Å². The second kappa shape index (κ2) is 21.3. The molecular formula is C45H77N3O15S. The topological polar surface area (TPSA) is 252 Å². The van der Waals surface area contributed by atoms with E-state index in [2.05, 4.69) is 10.0 Å². The molecule has 0 saturated carbocycles. The molecule has 1 amide bonds. The standard InChI is InChI=1S/C45H77N3O15S/c1-15-33-45(11,55)38(51)25(4)35(47-64(56,57)31-18-16-30(17-19-31)46-29(8)49)23(2)21-43(9,54)40(63-42-36(50)32(48(12)13)20-24(3)59-42)26(5)37(27(6)41(53)61-33)62-34-22-44(10,58-14)39(52)28(7)60-34/h16-19,23-28,32-40,42,47,50-52,54-55H,15,20-22H2,1-14H3,(H,46,49)/t23-,24-,25+,26+,27-,28+,32+,33-,34+,35+,36-,37+,38-,39+,40-,42+,43-,44-,45-/m1/s1. The predicted octanol–water partition coefficient (Wildman–Crippen LogP) is 2.52. The summed E-state index contributed by atoms with van der Waals surface area (Å²) < 4.78 is 68.8. The van der Waals surface area contributed by atoms with Crippen LogP contribution in [0, 0.1) is 23.7 Å². The van der Waals surface area contributed by atoms with E-state index in [4.69, 9.17) is 28.4 Å². The van der Waals surface area contributed by atoms with Crippen molar-refractivity contribution in [2.45, 2.75) is 197 Å². The van der Waals surface area contributed by atoms with Crippen LogP contribution in [0.5, 0.6) is 0 Å². The fourth-order valence-corrected chi connectivity index (χ4v) is 11.4. The number of esters is 1. The lowest BCUT2D eigenvalue weighted by Crippen LogP contribution is -2.62. The van der Waals surface area contributed by atoms with Crippen molar-refractivity contribution in [1.82, 2.24) is 9.62 Å². The molecule has 0 bridgehead atoms. The Balaban J connectivity index is 1.90. The largest absolute Gasteiger partial charge is 0.459 e. The second-order valence-corrected chi connectivity index (χ2v) is 21.3. The quantitative estimate of drug-likeness (QED) is 0.158. The number of methoxy groups -OCH3 is 1. The van der Waals surface area contributed by atoms with E-state index in [-0.39, 0.29) is 36.2 Å². The number of carbonyl (C=O) groups excluding carboxylic acids is 2. The van der Waals surface area contributed by atoms with Crippen LogP contribution in [0.3, 0.4) is 0 Å². The Labute approximate surface area is 379 Å². The van der Waals surface area contributed by atoms with E-state index < -0.39 is 124 Å². The molecule has 7 N–H and O–H groups in total. The van der Waals surface area contributed by atoms with Crippen LogP contribution in [0.4, 0.5) is 5.69 Å². The van der Waals surface area contributed by atoms with E-state index in [1.165, 1.54) is 52.1 Å². The Bertz CT molecular complexity index is 1820. The smallest absolute Gasteiger partial charge is 0.311 e. The molecule has 3 heterocycles. The maximum Gasteiger partial charge on any atom is 0.311 e. The van der Waals surface area contributed by atoms with Gasteiger partial charge in [-0.25, -0.2) is 13.1 Å². The van der Waals surface area contributed by atoms with Gasteiger partial charge in [0.05, 0.1) is 52.5 Å². The molecular weight excluding hydrogens is 855 g/mol. The average Bonchev–Trinajstić information content (AvgIpc) is 3.21. The number of nitrogens with zero attached hydrogens (tertiary/aromatic N) is 1. The third-order valence-electron chi connectivity index (χ3n) is 13.9. The van der Waals surface area contributed by atoms with E-state index in [1.54, 1.807) is 48.5 Å². The highest BCUT2D eigenvalue weighted by atomic mass is 32.2. The number of rotatable bonds is 11. The Hall–Kier alpha value is -2.37. The minimum absolute atomic E-state index is 0.0413. The highest BCUT2D eigenvalue weighted by Gasteiger charge is 2.54. The Kier molecular flexibility index (Phi) is 18.0. The molecule has 0 radical (unpaired) electrons. The van der Waals surface area contributed by atoms with Crippen molar-refractivity contribution >= 4 is 27.6 Å². The molecule has 0 spiro atoms. The fourth-order valence-electron chi connectivity index (χ4n) is 10.00. The lowest BCUT2D eigenvalue weighted by atomic mass is 9.72. The number of ether oxygens (including phenoxy) is 6. The summed E-state index contributed by atoms with van der Waals surface area (Å²) in [5.74, 6) is -5.14. The van der Waals surface area contributed by atoms with E-state index >= 15 is 0 Å². The van der Waals surface area contributed by atoms with Gasteiger partial charge >= 0.3 is 5.97 Å². The zero-order chi connectivity index (χ0) is 48.4. The molecule has 0 aromatic heterocycles. The SMILES string of the molecule is CC[C@H]1OC(=O)[C@H](C)[C@@H](O[C@H]2C[C@@](C)(OC)[C@@H](O)[C@H](C)O2)[C@H](C)[C@@H](O[C@@H]2O[C@H](C)C[C@H](N(C)C)[C@H]2O)[C@](C)(O)C[C@@H](C)[C@H](NS(=O)(=O)c2ccc(NC(C)=O)cc2)[C@H](C)[C@@H](O)[C@]1(C)O. The summed E-state index contributed by atoms with van der Waals surface area (Å²) in [5.41, 5.74) is -4.79. The summed E-state index contributed by atoms with van der Waals surface area (Å²) in [6.07, 6.45) is -10.8. The lowest BCUT2D eigenvalue weighted by Gasteiger charge is -2.49. The van der Waals surface area contributed by atoms with E-state index in [9.17, 15) is 43.5 Å². The van der Waals surface area contributed by atoms with Crippen molar-refractivity contribution < 1.29 is 72.0 Å². The van der Waals surface area contributed by atoms with Crippen molar-refractivity contribution in [3.8, 4) is 0 Å². The number of benzene rings is 1. The zero-order valence-corrected chi connectivity index (χ0v) is 40.9. The number of nitrogens with one attached hydrogen (secondary N) is 2. The molecule has 368 valence electrons. The molecule has 3 saturated heterocycles. The first kappa shape index (κ1) is 54.2. The summed E-state index contributed by atoms with van der Waals surface area (Å²) in [6, 6.07) is 3.93. The number of aliphatic hydroxyl groups is 5. The first-order chi connectivity index (χ1) is 29.5. The molecule has 64 heavy (non-hydrogen) atoms. The number of cyclic esters (lactones) is 1. The van der Waals surface area contributed by atoms with Crippen LogP contribution >= 0.6 is 0 Å². The van der Waals surface area contributed by atoms with Crippen LogP contribution < -0.4 is 10.0 Å². The molecule has 4 rings (SSSR count). The molecule has 0 unspecified atom stereocenters. The van der Waals surface area contributed by atoms with Gasteiger partial charge in [-0.15, -0.1) is 0 Å². The fraction of sp³-hybridized carbons (Fsp3) is 0.822. The molecule has 0 aliphatic carbocycles. The molecule has 18 nitrogen and oxygen atoms in total. The number of sulfonamides is 1. The highest BCUT2D eigenvalue weighted by Crippen LogP contribution is 2.41. The van der Waals surface area contributed by atoms with Crippen LogP contribution in [0.15, 0.2) is 29.2 Å². The summed E-state index contributed by atoms with van der Waals surface area (Å²) in [4.78, 5) is 27.8. The number of aliphatic hydroxyl groups excluding tert-OH is 3. The van der Waals surface area contributed by atoms with Gasteiger partial charge in [-0.05, 0) is 105 Å². The highest BCUT2D eigenvalue weighted by molar-refractivity contribution is 7.89. The van der Waals surface area contributed by atoms with Gasteiger partial charge in [-0.1, -0.05) is 27.7 Å². The second-order valence-electron chi connectivity index (χ2n) is 19.6. The summed E-state index contributed by atoms with van der Waals surface area (Å²) >= 11 is 0. The number of hydrogen-bond acceptors (Lipinski definition) is 16. The normalized spacial score (nSPS) is 43.3. The number of hydrogen-bond donors (Lipinski definition) is 7. The predicted molar refractivity (Wildman–Crippen MR) is 236 cm³/mol. The third kappa shape index (κ3) is 12.2. The van der Waals surface area contributed by atoms with Gasteiger partial charge < -0.3 is 64.2 Å². The van der Waals surface area contributed by atoms with Gasteiger partial charge in [0.25, 0.3) is 0 Å². The Morgan fingerprint density at radius 2 is 1.53 bits per heavy atom. The van der Waals surface area contributed by atoms with Gasteiger partial charge in [-0.2, -0.15) is 0 Å². The Morgan fingerprint density at radius 3 is 2.08 bits per heavy atom. The van der Waals surface area contributed by atoms with Gasteiger partial charge in [-0.3, -0.25) is 9.59 Å². The summed E-state index contributed by atoms with van der Waals surface area (Å²) in [6.45, 7) is 17.6. The van der Waals surface area contributed by atoms with Crippen LogP contribution in [-0.4, -0.2) is 162 Å². The molecule has 1 aromatic rings. The minimum atomic E-state index is -4.38. The molecule has 19 atom stereocenters. The van der Waals surface area contributed by atoms with Gasteiger partial charge in [0.15, 0.2) is 12.6 Å². The van der Waals surface area contributed by atoms with Crippen LogP contribution in [0.1, 0.15) is 102 Å². The molecule has 3 aliphatic heterocycles. The van der Waals surface area contributed by atoms with Crippen LogP contribution in [0.2, 0.25) is 0 Å². The van der Waals surface area contributed by atoms with E-state index in [1.807, 2.05) is 25.9 Å². The Morgan fingerprint density at radius 1 is 0.922 bits per heavy atom. The first-order valence-electron chi connectivity index (χ1n) is 22.4. The lowest BCUT2D eigenvalue weighted by molar-refractivity contribution is -0.318. The van der Waals surface area contributed by atoms with Crippen molar-refractivity contribution in [3.63, 3.8) is 0 Å². The number of carbonyl (C=O) groups is 2. The summed E-state index contributed by atoms with van der Waals surface area (Å²) in [7, 11) is 0.741. The van der Waals surface area contributed by atoms with Crippen molar-refractivity contribution in [3.05, 3.63) is 24.3 Å². The van der Waals surface area contributed by atoms with Gasteiger partial charge in [0, 0.05) is 50.1 Å². The number of anilines is 1. The molecule has 1 aromatic carbocycles. The van der Waals surface area contributed by atoms with Crippen molar-refractivity contribution in [2.75, 3.05) is 26.5 Å². The van der Waals surface area contributed by atoms with Crippen molar-refractivity contribution in [2.24, 2.45) is 23.7 Å². The van der Waals surface area contributed by atoms with Gasteiger partial charge in [0.1, 0.15) is 23.9 Å². The van der Waals surface area contributed by atoms with Crippen LogP contribution in [-0.2, 0) is 48.0 Å². The maximum atomic E-state index is 14.5. The minimum Gasteiger partial charge on any atom is -0.459 e. The van der Waals surface area contributed by atoms with Crippen molar-refractivity contribution in [1.29, 1.82) is 0 Å². The zero-order valence-electron chi connectivity index (χ0n) is 40.0. The maximum absolute atomic E-state index is 14.5. The molecule has 3 aliphatic rings. The number of likely N-dealkylation sites (N-methyl/N-ethyl adjacent to an activating group) is 1. The third-order valence-corrected chi connectivity index (χ3v) is 15.4. The number of amides is 1. The molecule has 3 fully saturated rings. The summed E-state index contributed by atoms with van der Waals surface area (Å²) in [5, 5.41) is 62.5. The average molecular weight is 932 g/mol. The molecule has 19 heteroatoms.